The maximum Gasteiger partial charge on any atom is 0.412 e. The van der Waals surface area contributed by atoms with E-state index in [9.17, 15) is 9.90 Å². The molecule has 0 radical (unpaired) electrons. The summed E-state index contributed by atoms with van der Waals surface area (Å²) in [7, 11) is 3.15. The monoisotopic (exact) mass is 492 g/mol. The maximum absolute atomic E-state index is 12.1. The lowest BCUT2D eigenvalue weighted by atomic mass is 10.1. The number of hydrogen-bond donors (Lipinski definition) is 1. The Bertz CT molecular complexity index is 1390. The number of hydrogen-bond acceptors (Lipinski definition) is 5. The van der Waals surface area contributed by atoms with E-state index in [1.54, 1.807) is 44.7 Å². The summed E-state index contributed by atoms with van der Waals surface area (Å²) < 4.78 is 17.1. The molecule has 35 heavy (non-hydrogen) atoms. The SMILES string of the molecule is COc1cc2nccc(Oc3cc(C)c(N(Cc4ccc(Cl)cc4)C(=O)O)cc3C)c2cc1OC. The van der Waals surface area contributed by atoms with Crippen molar-refractivity contribution in [1.82, 2.24) is 4.98 Å². The average Bonchev–Trinajstić information content (AvgIpc) is 2.85. The average molecular weight is 493 g/mol. The highest BCUT2D eigenvalue weighted by Gasteiger charge is 2.20. The van der Waals surface area contributed by atoms with Crippen molar-refractivity contribution in [3.8, 4) is 23.0 Å². The molecule has 0 fully saturated rings. The summed E-state index contributed by atoms with van der Waals surface area (Å²) in [6, 6.07) is 16.2. The molecule has 0 spiro atoms. The van der Waals surface area contributed by atoms with Crippen molar-refractivity contribution < 1.29 is 24.1 Å². The fourth-order valence-electron chi connectivity index (χ4n) is 3.86. The summed E-state index contributed by atoms with van der Waals surface area (Å²) >= 11 is 5.97. The van der Waals surface area contributed by atoms with Gasteiger partial charge in [0.25, 0.3) is 0 Å². The number of aryl methyl sites for hydroxylation is 2. The molecule has 7 nitrogen and oxygen atoms in total. The minimum Gasteiger partial charge on any atom is -0.493 e. The number of aromatic nitrogens is 1. The molecule has 1 heterocycles. The van der Waals surface area contributed by atoms with Gasteiger partial charge in [0.2, 0.25) is 0 Å². The first-order valence-electron chi connectivity index (χ1n) is 10.9. The third kappa shape index (κ3) is 5.10. The van der Waals surface area contributed by atoms with Gasteiger partial charge in [0.1, 0.15) is 11.5 Å². The number of fused-ring (bicyclic) bond motifs is 1. The highest BCUT2D eigenvalue weighted by molar-refractivity contribution is 6.30. The van der Waals surface area contributed by atoms with Gasteiger partial charge in [-0.15, -0.1) is 0 Å². The van der Waals surface area contributed by atoms with Gasteiger partial charge in [-0.2, -0.15) is 0 Å². The number of carbonyl (C=O) groups is 1. The first kappa shape index (κ1) is 24.2. The van der Waals surface area contributed by atoms with E-state index < -0.39 is 6.09 Å². The molecule has 0 saturated heterocycles. The number of pyridine rings is 1. The van der Waals surface area contributed by atoms with Gasteiger partial charge in [-0.3, -0.25) is 9.88 Å². The Kier molecular flexibility index (Phi) is 6.98. The molecule has 0 unspecified atom stereocenters. The zero-order chi connectivity index (χ0) is 25.1. The van der Waals surface area contributed by atoms with Gasteiger partial charge in [0.05, 0.1) is 32.0 Å². The molecule has 0 bridgehead atoms. The molecule has 0 saturated carbocycles. The third-order valence-corrected chi connectivity index (χ3v) is 5.95. The van der Waals surface area contributed by atoms with Crippen LogP contribution in [0.5, 0.6) is 23.0 Å². The minimum atomic E-state index is -1.04. The second-order valence-electron chi connectivity index (χ2n) is 8.03. The second kappa shape index (κ2) is 10.1. The molecule has 180 valence electrons. The Labute approximate surface area is 208 Å². The zero-order valence-corrected chi connectivity index (χ0v) is 20.6. The largest absolute Gasteiger partial charge is 0.493 e. The second-order valence-corrected chi connectivity index (χ2v) is 8.47. The van der Waals surface area contributed by atoms with Crippen LogP contribution in [0.25, 0.3) is 10.9 Å². The molecule has 1 aromatic heterocycles. The first-order chi connectivity index (χ1) is 16.8. The smallest absolute Gasteiger partial charge is 0.412 e. The lowest BCUT2D eigenvalue weighted by Gasteiger charge is -2.23. The van der Waals surface area contributed by atoms with Crippen molar-refractivity contribution in [3.05, 3.63) is 82.5 Å². The van der Waals surface area contributed by atoms with Crippen LogP contribution >= 0.6 is 11.6 Å². The van der Waals surface area contributed by atoms with Crippen LogP contribution in [-0.2, 0) is 6.54 Å². The molecule has 8 heteroatoms. The molecule has 4 rings (SSSR count). The first-order valence-corrected chi connectivity index (χ1v) is 11.2. The summed E-state index contributed by atoms with van der Waals surface area (Å²) in [5, 5.41) is 11.3. The summed E-state index contributed by atoms with van der Waals surface area (Å²) in [5.41, 5.74) is 3.68. The maximum atomic E-state index is 12.1. The van der Waals surface area contributed by atoms with Crippen LogP contribution in [0.4, 0.5) is 10.5 Å². The summed E-state index contributed by atoms with van der Waals surface area (Å²) in [6.45, 7) is 3.94. The van der Waals surface area contributed by atoms with E-state index in [0.29, 0.717) is 39.2 Å². The predicted molar refractivity (Wildman–Crippen MR) is 136 cm³/mol. The Hall–Kier alpha value is -3.97. The lowest BCUT2D eigenvalue weighted by Crippen LogP contribution is -2.29. The van der Waals surface area contributed by atoms with E-state index in [-0.39, 0.29) is 6.54 Å². The van der Waals surface area contributed by atoms with Gasteiger partial charge in [0.15, 0.2) is 11.5 Å². The van der Waals surface area contributed by atoms with Crippen molar-refractivity contribution in [2.75, 3.05) is 19.1 Å². The van der Waals surface area contributed by atoms with E-state index in [4.69, 9.17) is 25.8 Å². The molecule has 3 aromatic carbocycles. The standard InChI is InChI=1S/C27H25ClN2O5/c1-16-12-24(35-23-9-10-29-21-14-26(34-4)25(33-3)13-20(21)23)17(2)11-22(16)30(27(31)32)15-18-5-7-19(28)8-6-18/h5-14H,15H2,1-4H3,(H,31,32). The number of nitrogens with zero attached hydrogens (tertiary/aromatic N) is 2. The van der Waals surface area contributed by atoms with Crippen molar-refractivity contribution in [1.29, 1.82) is 0 Å². The third-order valence-electron chi connectivity index (χ3n) is 5.70. The van der Waals surface area contributed by atoms with Gasteiger partial charge in [-0.1, -0.05) is 23.7 Å². The molecule has 4 aromatic rings. The van der Waals surface area contributed by atoms with Crippen LogP contribution in [-0.4, -0.2) is 30.4 Å². The molecule has 0 aliphatic heterocycles. The van der Waals surface area contributed by atoms with Crippen LogP contribution in [0.2, 0.25) is 5.02 Å². The van der Waals surface area contributed by atoms with Gasteiger partial charge in [-0.25, -0.2) is 4.79 Å². The van der Waals surface area contributed by atoms with E-state index in [2.05, 4.69) is 4.98 Å². The molecule has 1 N–H and O–H groups in total. The van der Waals surface area contributed by atoms with Crippen molar-refractivity contribution in [3.63, 3.8) is 0 Å². The highest BCUT2D eigenvalue weighted by atomic mass is 35.5. The summed E-state index contributed by atoms with van der Waals surface area (Å²) in [5.74, 6) is 2.36. The quantitative estimate of drug-likeness (QED) is 0.299. The zero-order valence-electron chi connectivity index (χ0n) is 19.8. The normalized spacial score (nSPS) is 10.8. The fraction of sp³-hybridized carbons (Fsp3) is 0.185. The molecular weight excluding hydrogens is 468 g/mol. The highest BCUT2D eigenvalue weighted by Crippen LogP contribution is 2.39. The predicted octanol–water partition coefficient (Wildman–Crippen LogP) is 7.00. The number of ether oxygens (including phenoxy) is 3. The topological polar surface area (TPSA) is 81.1 Å². The number of carboxylic acid groups (broad SMARTS) is 1. The molecular formula is C27H25ClN2O5. The number of amides is 1. The Morgan fingerprint density at radius 3 is 2.26 bits per heavy atom. The lowest BCUT2D eigenvalue weighted by molar-refractivity contribution is 0.201. The van der Waals surface area contributed by atoms with E-state index >= 15 is 0 Å². The number of benzene rings is 3. The number of methoxy groups -OCH3 is 2. The molecule has 0 aliphatic rings. The van der Waals surface area contributed by atoms with Gasteiger partial charge >= 0.3 is 6.09 Å². The van der Waals surface area contributed by atoms with E-state index in [1.165, 1.54) is 4.90 Å². The van der Waals surface area contributed by atoms with Gasteiger partial charge in [-0.05, 0) is 66.9 Å². The number of halogens is 1. The van der Waals surface area contributed by atoms with Crippen molar-refractivity contribution >= 4 is 34.3 Å². The van der Waals surface area contributed by atoms with Gasteiger partial charge < -0.3 is 19.3 Å². The van der Waals surface area contributed by atoms with Gasteiger partial charge in [0, 0.05) is 22.7 Å². The minimum absolute atomic E-state index is 0.198. The van der Waals surface area contributed by atoms with Crippen molar-refractivity contribution in [2.24, 2.45) is 0 Å². The molecule has 0 atom stereocenters. The van der Waals surface area contributed by atoms with Crippen LogP contribution in [0.1, 0.15) is 16.7 Å². The Morgan fingerprint density at radius 1 is 0.914 bits per heavy atom. The summed E-state index contributed by atoms with van der Waals surface area (Å²) in [4.78, 5) is 17.8. The molecule has 0 aliphatic carbocycles. The van der Waals surface area contributed by atoms with Crippen molar-refractivity contribution in [2.45, 2.75) is 20.4 Å². The number of rotatable bonds is 7. The van der Waals surface area contributed by atoms with Crippen LogP contribution in [0.15, 0.2) is 60.8 Å². The summed E-state index contributed by atoms with van der Waals surface area (Å²) in [6.07, 6.45) is 0.621. The molecule has 1 amide bonds. The van der Waals surface area contributed by atoms with E-state index in [0.717, 1.165) is 22.1 Å². The van der Waals surface area contributed by atoms with Crippen LogP contribution in [0.3, 0.4) is 0 Å². The Balaban J connectivity index is 1.69. The van der Waals surface area contributed by atoms with Crippen LogP contribution < -0.4 is 19.1 Å². The number of anilines is 1. The van der Waals surface area contributed by atoms with E-state index in [1.807, 2.05) is 44.2 Å². The fourth-order valence-corrected chi connectivity index (χ4v) is 3.98. The Morgan fingerprint density at radius 2 is 1.60 bits per heavy atom. The van der Waals surface area contributed by atoms with Crippen LogP contribution in [0, 0.1) is 13.8 Å².